The topological polar surface area (TPSA) is 408 Å². The number of hydrogen-bond donors (Lipinski definition) is 5. The number of amidine groups is 5. The van der Waals surface area contributed by atoms with Crippen molar-refractivity contribution < 1.29 is 39.0 Å². The maximum Gasteiger partial charge on any atom is 0.247 e. The number of thiophene rings is 5. The Labute approximate surface area is 860 Å². The van der Waals surface area contributed by atoms with E-state index in [1.54, 1.807) is 81.1 Å². The average Bonchev–Trinajstić information content (AvgIpc) is 1.72. The number of halogens is 7. The molecule has 15 heterocycles. The van der Waals surface area contributed by atoms with Crippen LogP contribution in [-0.4, -0.2) is 179 Å². The molecule has 5 aliphatic heterocycles. The van der Waals surface area contributed by atoms with E-state index in [1.165, 1.54) is 75.2 Å². The predicted molar refractivity (Wildman–Crippen MR) is 591 cm³/mol. The number of nitrogens with two attached hydrogens (primary N) is 5. The second kappa shape index (κ2) is 38.2. The Morgan fingerprint density at radius 2 is 0.748 bits per heavy atom. The smallest absolute Gasteiger partial charge is 0.247 e. The van der Waals surface area contributed by atoms with E-state index in [4.69, 9.17) is 127 Å². The third kappa shape index (κ3) is 20.5. The summed E-state index contributed by atoms with van der Waals surface area (Å²) in [6.45, 7) is 27.7. The van der Waals surface area contributed by atoms with E-state index in [-0.39, 0.29) is 17.3 Å². The van der Waals surface area contributed by atoms with Gasteiger partial charge in [0.2, 0.25) is 24.1 Å². The molecule has 43 heteroatoms. The number of benzene rings is 3. The second-order valence-corrected chi connectivity index (χ2v) is 60.2. The first-order valence-corrected chi connectivity index (χ1v) is 58.5. The molecular weight excluding hydrogens is 2090 g/mol. The normalized spacial score (nSPS) is 26.9. The molecule has 13 aromatic rings. The zero-order valence-electron chi connectivity index (χ0n) is 78.9. The van der Waals surface area contributed by atoms with E-state index in [0.717, 1.165) is 82.3 Å². The molecule has 0 amide bonds. The monoisotopic (exact) mass is 2190 g/mol. The second-order valence-electron chi connectivity index (χ2n) is 37.8. The maximum absolute atomic E-state index is 13.3. The first-order valence-electron chi connectivity index (χ1n) is 42.6. The van der Waals surface area contributed by atoms with E-state index < -0.39 is 99.0 Å². The molecule has 0 aliphatic carbocycles. The van der Waals surface area contributed by atoms with Crippen molar-refractivity contribution in [2.45, 2.75) is 155 Å². The van der Waals surface area contributed by atoms with Crippen LogP contribution in [0.2, 0.25) is 30.1 Å². The molecule has 0 saturated heterocycles. The van der Waals surface area contributed by atoms with Gasteiger partial charge in [0.05, 0.1) is 115 Å². The molecule has 0 radical (unpaired) electrons. The predicted octanol–water partition coefficient (Wildman–Crippen LogP) is 20.6. The van der Waals surface area contributed by atoms with E-state index >= 15 is 0 Å². The molecule has 18 rings (SSSR count). The van der Waals surface area contributed by atoms with Gasteiger partial charge >= 0.3 is 0 Å². The molecule has 10 atom stereocenters. The largest absolute Gasteiger partial charge is 0.481 e. The van der Waals surface area contributed by atoms with Crippen molar-refractivity contribution in [3.63, 3.8) is 0 Å². The summed E-state index contributed by atoms with van der Waals surface area (Å²) in [4.78, 5) is 46.2. The Morgan fingerprint density at radius 1 is 0.396 bits per heavy atom. The molecule has 10 aromatic heterocycles. The SMILES string of the molecule is C=S1(=O)C[C@@](C)(c2sc(-c3cccc(-c4nnco4)c3)cc2Cl)N=C(N)C1(C)C.C=S1(=O)C[C@@](C)(c2sc(-c3cccc(-n4nccn4)c3)cc2Cl)N=C(N)C1(C)C.C=S1(=O)C[C@@](C)(c2sc(-c3ccnc(OC)c3)cc2Cl)N=C(N)C1(C)C.C=S1(=O)C[C@@](C)(c2sc(-c3cnc(-c4ccc(F)cc4)o3)cc2Cl)N=C(N)C1(C)C.C=S1(=O)C[C@@](C)(c2sc(-c3cncc(Cl)c3)cc2Cl)N=C(N)C1(C)C. The standard InChI is InChI=1S/C21H21ClFN3O2S2.C20H22ClN5OS2.C20H21ClN4O2S2.C18H22ClN3O2S2.C17H19Cl2N3OS2/c1-20(2)19(24)26-21(3,11-30(20,4)27)17-14(22)9-16(29-17)15-10-25-18(28-15)12-5-7-13(23)8-6-12;1-19(2)18(22)25-20(3,12-29(19,4)27)17-15(21)11-16(28-17)13-6-5-7-14(10-13)26-23-8-9-24-26;1-19(2)18(22)24-20(3,10-29(19,4)26)16-14(21)9-15(28-16)12-6-5-7-13(8-12)17-25-23-11-27-17;1-17(2)16(20)22-18(3,10-26(17,5)23)15-12(19)9-13(25-15)11-6-7-21-14(8-11)24-4;1-16(2)15(20)22-17(3,9-25(16,4)23)14-12(19)6-13(24-14)10-5-11(18)8-21-7-10/h5-10H,4,11H2,1-3H3,(H2,24,26);5-11H,4,12H2,1-3H3,(H2,22,25);5-9,11H,4,10H2,1-3H3,(H2,22,24);6-9H,5,10H2,1-4H3,(H2,20,22);5-8H,4,9H2,1-3H3,(H2,20,22)/t21-,30?;2*20-,29?;18-,26?;17-,25?/m00000/s1. The Bertz CT molecular complexity index is 7560. The Hall–Kier alpha value is -9.13. The molecule has 3 aromatic carbocycles. The van der Waals surface area contributed by atoms with Gasteiger partial charge in [0.25, 0.3) is 0 Å². The first kappa shape index (κ1) is 106. The molecule has 10 N–H and O–H groups in total. The summed E-state index contributed by atoms with van der Waals surface area (Å²) in [6, 6.07) is 36.5. The van der Waals surface area contributed by atoms with E-state index in [9.17, 15) is 25.4 Å². The number of oxazole rings is 1. The van der Waals surface area contributed by atoms with Crippen molar-refractivity contribution in [2.75, 3.05) is 35.9 Å². The number of aliphatic imine (C=N–C) groups is 5. The fourth-order valence-corrected chi connectivity index (χ4v) is 34.0. The Kier molecular flexibility index (Phi) is 29.0. The van der Waals surface area contributed by atoms with E-state index in [1.807, 2.05) is 181 Å². The van der Waals surface area contributed by atoms with Gasteiger partial charge in [0, 0.05) is 89.6 Å². The van der Waals surface area contributed by atoms with Gasteiger partial charge in [-0.1, -0.05) is 93.9 Å². The Morgan fingerprint density at radius 3 is 1.12 bits per heavy atom. The van der Waals surface area contributed by atoms with E-state index in [0.29, 0.717) is 106 Å². The average molecular weight is 2190 g/mol. The van der Waals surface area contributed by atoms with Crippen LogP contribution in [0.1, 0.15) is 128 Å². The minimum Gasteiger partial charge on any atom is -0.481 e. The van der Waals surface area contributed by atoms with Crippen molar-refractivity contribution in [3.05, 3.63) is 225 Å². The number of ether oxygens (including phenoxy) is 1. The summed E-state index contributed by atoms with van der Waals surface area (Å²) in [5.41, 5.74) is 33.1. The lowest BCUT2D eigenvalue weighted by Crippen LogP contribution is -2.54. The van der Waals surface area contributed by atoms with Crippen LogP contribution in [0.15, 0.2) is 199 Å². The highest BCUT2D eigenvalue weighted by Gasteiger charge is 2.52. The quantitative estimate of drug-likeness (QED) is 0.0631. The van der Waals surface area contributed by atoms with Crippen LogP contribution in [0.3, 0.4) is 0 Å². The highest BCUT2D eigenvalue weighted by Crippen LogP contribution is 2.53. The lowest BCUT2D eigenvalue weighted by Gasteiger charge is -2.40. The van der Waals surface area contributed by atoms with Gasteiger partial charge < -0.3 is 42.2 Å². The van der Waals surface area contributed by atoms with Crippen molar-refractivity contribution in [1.29, 1.82) is 0 Å². The summed E-state index contributed by atoms with van der Waals surface area (Å²) in [5, 5.41) is 19.4. The van der Waals surface area contributed by atoms with Crippen LogP contribution < -0.4 is 33.4 Å². The number of nitrogens with zero attached hydrogens (tertiary/aromatic N) is 13. The molecule has 5 unspecified atom stereocenters. The minimum absolute atomic E-state index is 0.241. The summed E-state index contributed by atoms with van der Waals surface area (Å²) in [7, 11) is -11.0. The number of aromatic nitrogens is 8. The van der Waals surface area contributed by atoms with Gasteiger partial charge in [-0.3, -0.25) is 51.0 Å². The van der Waals surface area contributed by atoms with Crippen LogP contribution in [-0.2, 0) is 75.3 Å². The third-order valence-corrected chi connectivity index (χ3v) is 50.5. The molecule has 0 spiro atoms. The fraction of sp³-hybridized carbons (Fsp3) is 0.323. The van der Waals surface area contributed by atoms with Crippen LogP contribution >= 0.6 is 126 Å². The van der Waals surface area contributed by atoms with Crippen molar-refractivity contribution in [1.82, 2.24) is 40.1 Å². The maximum atomic E-state index is 13.3. The van der Waals surface area contributed by atoms with Crippen LogP contribution in [0.4, 0.5) is 4.39 Å². The number of pyridine rings is 2. The minimum atomic E-state index is -2.55. The summed E-state index contributed by atoms with van der Waals surface area (Å²) < 4.78 is 91.9. The number of rotatable bonds is 14. The molecule has 0 bridgehead atoms. The molecular formula is C96H105Cl6FN18O8S10. The fourth-order valence-electron chi connectivity index (χ4n) is 15.8. The summed E-state index contributed by atoms with van der Waals surface area (Å²) in [5.74, 6) is 24.6. The van der Waals surface area contributed by atoms with Crippen LogP contribution in [0, 0.1) is 5.82 Å². The Balaban J connectivity index is 0.000000139. The molecule has 0 saturated carbocycles. The van der Waals surface area contributed by atoms with Gasteiger partial charge in [-0.2, -0.15) is 15.0 Å². The third-order valence-electron chi connectivity index (χ3n) is 25.6. The van der Waals surface area contributed by atoms with E-state index in [2.05, 4.69) is 74.7 Å². The van der Waals surface area contributed by atoms with Crippen molar-refractivity contribution in [3.8, 4) is 86.9 Å². The summed E-state index contributed by atoms with van der Waals surface area (Å²) >= 11 is 46.3. The highest BCUT2D eigenvalue weighted by molar-refractivity contribution is 8.03. The van der Waals surface area contributed by atoms with Crippen molar-refractivity contribution >= 4 is 232 Å². The zero-order valence-corrected chi connectivity index (χ0v) is 91.6. The molecule has 0 fully saturated rings. The molecule has 736 valence electrons. The van der Waals surface area contributed by atoms with Crippen LogP contribution in [0.25, 0.3) is 81.0 Å². The summed E-state index contributed by atoms with van der Waals surface area (Å²) in [6.07, 6.45) is 11.2. The van der Waals surface area contributed by atoms with Crippen molar-refractivity contribution in [2.24, 2.45) is 53.6 Å². The van der Waals surface area contributed by atoms with Gasteiger partial charge in [-0.15, -0.1) is 66.9 Å². The number of hydrogen-bond acceptors (Lipinski definition) is 30. The van der Waals surface area contributed by atoms with Gasteiger partial charge in [0.15, 0.2) is 5.76 Å². The lowest BCUT2D eigenvalue weighted by atomic mass is 10.0. The zero-order chi connectivity index (χ0) is 102. The highest BCUT2D eigenvalue weighted by atomic mass is 35.5. The first-order chi connectivity index (χ1) is 64.5. The number of methoxy groups -OCH3 is 1. The van der Waals surface area contributed by atoms with Gasteiger partial charge in [-0.25, -0.2) is 14.4 Å². The molecule has 139 heavy (non-hydrogen) atoms. The van der Waals surface area contributed by atoms with Crippen LogP contribution in [0.5, 0.6) is 5.88 Å². The lowest BCUT2D eigenvalue weighted by molar-refractivity contribution is 0.398. The van der Waals surface area contributed by atoms with Gasteiger partial charge in [-0.05, 0) is 289 Å². The molecule has 26 nitrogen and oxygen atoms in total. The molecule has 5 aliphatic rings. The van der Waals surface area contributed by atoms with Gasteiger partial charge in [0.1, 0.15) is 62.7 Å².